The molecule has 1 saturated carbocycles. The molecule has 0 bridgehead atoms. The molecule has 10 heteroatoms. The van der Waals surface area contributed by atoms with E-state index in [1.807, 2.05) is 59.3 Å². The van der Waals surface area contributed by atoms with Crippen LogP contribution in [0.4, 0.5) is 10.5 Å². The minimum atomic E-state index is -0.0651. The molecule has 0 spiro atoms. The number of methoxy groups -OCH3 is 1. The van der Waals surface area contributed by atoms with E-state index in [9.17, 15) is 9.59 Å². The monoisotopic (exact) mass is 645 g/mol. The molecule has 3 aromatic carbocycles. The molecule has 0 unspecified atom stereocenters. The van der Waals surface area contributed by atoms with Crippen LogP contribution in [0.3, 0.4) is 0 Å². The van der Waals surface area contributed by atoms with Gasteiger partial charge in [-0.15, -0.1) is 0 Å². The van der Waals surface area contributed by atoms with Crippen molar-refractivity contribution < 1.29 is 14.3 Å². The third-order valence-electron chi connectivity index (χ3n) is 10.5. The maximum absolute atomic E-state index is 13.7. The maximum Gasteiger partial charge on any atom is 0.321 e. The summed E-state index contributed by atoms with van der Waals surface area (Å²) in [6.07, 6.45) is 4.47. The second-order valence-electron chi connectivity index (χ2n) is 13.8. The van der Waals surface area contributed by atoms with E-state index < -0.39 is 0 Å². The first kappa shape index (κ1) is 30.5. The summed E-state index contributed by atoms with van der Waals surface area (Å²) in [5.74, 6) is 2.70. The lowest BCUT2D eigenvalue weighted by atomic mass is 9.90. The van der Waals surface area contributed by atoms with Crippen molar-refractivity contribution in [3.63, 3.8) is 0 Å². The molecule has 5 aromatic rings. The fourth-order valence-corrected chi connectivity index (χ4v) is 7.63. The summed E-state index contributed by atoms with van der Waals surface area (Å²) in [4.78, 5) is 35.6. The molecular weight excluding hydrogens is 602 g/mol. The van der Waals surface area contributed by atoms with E-state index >= 15 is 0 Å². The van der Waals surface area contributed by atoms with Crippen molar-refractivity contribution in [1.29, 1.82) is 0 Å². The molecule has 3 fully saturated rings. The molecule has 8 rings (SSSR count). The molecule has 248 valence electrons. The van der Waals surface area contributed by atoms with Gasteiger partial charge in [-0.25, -0.2) is 9.78 Å². The number of urea groups is 1. The highest BCUT2D eigenvalue weighted by Crippen LogP contribution is 2.41. The van der Waals surface area contributed by atoms with Crippen LogP contribution in [-0.2, 0) is 13.6 Å². The van der Waals surface area contributed by atoms with Crippen LogP contribution < -0.4 is 15.8 Å². The first-order valence-electron chi connectivity index (χ1n) is 17.2. The molecular formula is C38H43N7O3. The summed E-state index contributed by atoms with van der Waals surface area (Å²) in [6.45, 7) is 4.28. The number of piperidine rings is 1. The van der Waals surface area contributed by atoms with E-state index in [0.29, 0.717) is 49.3 Å². The van der Waals surface area contributed by atoms with E-state index in [1.54, 1.807) is 7.11 Å². The number of nitrogens with zero attached hydrogens (tertiary/aromatic N) is 5. The number of nitrogens with one attached hydrogen (secondary N) is 1. The summed E-state index contributed by atoms with van der Waals surface area (Å²) < 4.78 is 10.4. The number of aryl methyl sites for hydroxylation is 1. The number of nitrogens with two attached hydrogens (primary N) is 1. The number of benzene rings is 3. The van der Waals surface area contributed by atoms with Gasteiger partial charge in [0.15, 0.2) is 5.82 Å². The first-order valence-corrected chi connectivity index (χ1v) is 17.2. The number of imidazole rings is 1. The number of hydrogen-bond donors (Lipinski definition) is 2. The topological polar surface area (TPSA) is 111 Å². The molecule has 48 heavy (non-hydrogen) atoms. The highest BCUT2D eigenvalue weighted by atomic mass is 16.5. The number of anilines is 1. The van der Waals surface area contributed by atoms with Crippen molar-refractivity contribution in [1.82, 2.24) is 23.9 Å². The van der Waals surface area contributed by atoms with Gasteiger partial charge in [-0.3, -0.25) is 4.79 Å². The predicted octanol–water partition coefficient (Wildman–Crippen LogP) is 6.06. The van der Waals surface area contributed by atoms with Gasteiger partial charge in [0.1, 0.15) is 11.3 Å². The average molecular weight is 646 g/mol. The number of fused-ring (bicyclic) bond motifs is 2. The second-order valence-corrected chi connectivity index (χ2v) is 13.8. The highest BCUT2D eigenvalue weighted by Gasteiger charge is 2.35. The first-order chi connectivity index (χ1) is 23.4. The Labute approximate surface area is 280 Å². The van der Waals surface area contributed by atoms with Crippen LogP contribution in [0.2, 0.25) is 0 Å². The molecule has 10 nitrogen and oxygen atoms in total. The maximum atomic E-state index is 13.7. The summed E-state index contributed by atoms with van der Waals surface area (Å²) in [5.41, 5.74) is 12.5. The SMILES string of the molecule is COc1cc(C(=O)N2CCC[C@@H](CN)C2)cc2nc(-c3cc4cccc(C5CN(C(=O)Nc6ccccc6)C5)c4n3CC3CC3)n(C)c12. The van der Waals surface area contributed by atoms with E-state index in [2.05, 4.69) is 38.7 Å². The Morgan fingerprint density at radius 2 is 1.75 bits per heavy atom. The van der Waals surface area contributed by atoms with Crippen molar-refractivity contribution in [2.75, 3.05) is 45.2 Å². The van der Waals surface area contributed by atoms with Crippen LogP contribution >= 0.6 is 0 Å². The van der Waals surface area contributed by atoms with Crippen molar-refractivity contribution in [2.24, 2.45) is 24.6 Å². The summed E-state index contributed by atoms with van der Waals surface area (Å²) in [5, 5.41) is 4.19. The Hall–Kier alpha value is -4.83. The zero-order valence-electron chi connectivity index (χ0n) is 27.7. The third-order valence-corrected chi connectivity index (χ3v) is 10.5. The lowest BCUT2D eigenvalue weighted by molar-refractivity contribution is 0.0678. The van der Waals surface area contributed by atoms with Crippen molar-refractivity contribution in [2.45, 2.75) is 38.1 Å². The lowest BCUT2D eigenvalue weighted by Crippen LogP contribution is -2.50. The largest absolute Gasteiger partial charge is 0.494 e. The van der Waals surface area contributed by atoms with Crippen LogP contribution in [-0.4, -0.2) is 75.7 Å². The number of aromatic nitrogens is 3. The Balaban J connectivity index is 1.14. The quantitative estimate of drug-likeness (QED) is 0.213. The summed E-state index contributed by atoms with van der Waals surface area (Å²) in [6, 6.07) is 22.1. The van der Waals surface area contributed by atoms with Gasteiger partial charge in [-0.05, 0) is 80.0 Å². The van der Waals surface area contributed by atoms with Gasteiger partial charge in [-0.2, -0.15) is 0 Å². The Morgan fingerprint density at radius 1 is 0.938 bits per heavy atom. The van der Waals surface area contributed by atoms with Crippen molar-refractivity contribution >= 4 is 39.6 Å². The number of ether oxygens (including phenoxy) is 1. The standard InChI is InChI=1S/C38H43N7O3/c1-42-35-31(16-27(18-33(35)48-2)37(46)43-15-7-8-25(19-39)20-43)41-36(42)32-17-26-9-6-12-30(34(26)45(32)21-24-13-14-24)28-22-44(23-28)38(47)40-29-10-4-3-5-11-29/h3-6,9-12,16-18,24-25,28H,7-8,13-15,19-23,39H2,1-2H3,(H,40,47)/t25-/m0/s1. The zero-order chi connectivity index (χ0) is 32.9. The van der Waals surface area contributed by atoms with Gasteiger partial charge in [0.25, 0.3) is 5.91 Å². The molecule has 1 atom stereocenters. The van der Waals surface area contributed by atoms with Gasteiger partial charge >= 0.3 is 6.03 Å². The third kappa shape index (κ3) is 5.47. The fourth-order valence-electron chi connectivity index (χ4n) is 7.63. The fraction of sp³-hybridized carbons (Fsp3) is 0.395. The lowest BCUT2D eigenvalue weighted by Gasteiger charge is -2.39. The predicted molar refractivity (Wildman–Crippen MR) is 188 cm³/mol. The molecule has 3 amide bonds. The number of para-hydroxylation sites is 2. The minimum Gasteiger partial charge on any atom is -0.494 e. The van der Waals surface area contributed by atoms with Gasteiger partial charge in [0, 0.05) is 62.3 Å². The minimum absolute atomic E-state index is 0.0000318. The molecule has 3 N–H and O–H groups in total. The summed E-state index contributed by atoms with van der Waals surface area (Å²) in [7, 11) is 3.68. The van der Waals surface area contributed by atoms with Gasteiger partial charge in [0.2, 0.25) is 0 Å². The molecule has 4 heterocycles. The number of likely N-dealkylation sites (tertiary alicyclic amines) is 2. The van der Waals surface area contributed by atoms with Gasteiger partial charge in [0.05, 0.1) is 23.8 Å². The smallest absolute Gasteiger partial charge is 0.321 e. The number of hydrogen-bond acceptors (Lipinski definition) is 5. The van der Waals surface area contributed by atoms with E-state index in [0.717, 1.165) is 54.2 Å². The van der Waals surface area contributed by atoms with Crippen LogP contribution in [0.5, 0.6) is 5.75 Å². The van der Waals surface area contributed by atoms with E-state index in [4.69, 9.17) is 15.5 Å². The molecule has 1 aliphatic carbocycles. The zero-order valence-corrected chi connectivity index (χ0v) is 27.7. The average Bonchev–Trinajstić information content (AvgIpc) is 3.75. The molecule has 2 aliphatic heterocycles. The Bertz CT molecular complexity index is 2010. The van der Waals surface area contributed by atoms with Gasteiger partial charge < -0.3 is 34.7 Å². The van der Waals surface area contributed by atoms with E-state index in [-0.39, 0.29) is 17.9 Å². The molecule has 2 aromatic heterocycles. The molecule has 2 saturated heterocycles. The van der Waals surface area contributed by atoms with Crippen molar-refractivity contribution in [3.8, 4) is 17.3 Å². The highest BCUT2D eigenvalue weighted by molar-refractivity contribution is 6.00. The molecule has 3 aliphatic rings. The molecule has 0 radical (unpaired) electrons. The normalized spacial score (nSPS) is 18.4. The number of amides is 3. The van der Waals surface area contributed by atoms with Crippen LogP contribution in [0.25, 0.3) is 33.5 Å². The van der Waals surface area contributed by atoms with Crippen molar-refractivity contribution in [3.05, 3.63) is 77.9 Å². The number of carbonyl (C=O) groups is 2. The van der Waals surface area contributed by atoms with E-state index in [1.165, 1.54) is 29.3 Å². The van der Waals surface area contributed by atoms with Gasteiger partial charge in [-0.1, -0.05) is 36.4 Å². The van der Waals surface area contributed by atoms with Crippen LogP contribution in [0, 0.1) is 11.8 Å². The number of carbonyl (C=O) groups excluding carboxylic acids is 2. The Morgan fingerprint density at radius 3 is 2.50 bits per heavy atom. The number of rotatable bonds is 8. The Kier molecular flexibility index (Phi) is 7.83. The van der Waals surface area contributed by atoms with Crippen LogP contribution in [0.15, 0.2) is 66.7 Å². The second kappa shape index (κ2) is 12.3. The summed E-state index contributed by atoms with van der Waals surface area (Å²) >= 11 is 0. The van der Waals surface area contributed by atoms with Crippen LogP contribution in [0.1, 0.15) is 47.5 Å².